The fraction of sp³-hybridized carbons (Fsp3) is 0.368. The van der Waals surface area contributed by atoms with E-state index in [9.17, 15) is 4.79 Å². The van der Waals surface area contributed by atoms with Gasteiger partial charge in [0.05, 0.1) is 0 Å². The zero-order valence-corrected chi connectivity index (χ0v) is 13.6. The molecule has 4 nitrogen and oxygen atoms in total. The number of hydrogen-bond acceptors (Lipinski definition) is 3. The third-order valence-corrected chi connectivity index (χ3v) is 4.23. The van der Waals surface area contributed by atoms with E-state index in [4.69, 9.17) is 4.74 Å². The number of aromatic nitrogens is 1. The normalized spacial score (nSPS) is 16.0. The first-order chi connectivity index (χ1) is 11.1. The van der Waals surface area contributed by atoms with Crippen LogP contribution in [-0.4, -0.2) is 35.0 Å². The number of rotatable bonds is 5. The average Bonchev–Trinajstić information content (AvgIpc) is 2.53. The Morgan fingerprint density at radius 1 is 1.13 bits per heavy atom. The number of pyridine rings is 1. The van der Waals surface area contributed by atoms with Gasteiger partial charge in [0.25, 0.3) is 5.91 Å². The summed E-state index contributed by atoms with van der Waals surface area (Å²) in [4.78, 5) is 18.7. The molecule has 1 aliphatic rings. The fourth-order valence-electron chi connectivity index (χ4n) is 2.80. The Bertz CT molecular complexity index is 637. The molecule has 0 bridgehead atoms. The van der Waals surface area contributed by atoms with Gasteiger partial charge in [-0.25, -0.2) is 0 Å². The second kappa shape index (κ2) is 6.82. The average molecular weight is 310 g/mol. The molecule has 1 saturated heterocycles. The molecule has 2 aromatic rings. The van der Waals surface area contributed by atoms with Gasteiger partial charge < -0.3 is 9.64 Å². The van der Waals surface area contributed by atoms with Gasteiger partial charge in [-0.1, -0.05) is 32.0 Å². The van der Waals surface area contributed by atoms with Gasteiger partial charge in [-0.2, -0.15) is 0 Å². The molecule has 1 aliphatic heterocycles. The highest BCUT2D eigenvalue weighted by Crippen LogP contribution is 2.28. The predicted octanol–water partition coefficient (Wildman–Crippen LogP) is 3.11. The maximum absolute atomic E-state index is 12.7. The van der Waals surface area contributed by atoms with Crippen molar-refractivity contribution in [3.05, 3.63) is 60.4 Å². The van der Waals surface area contributed by atoms with E-state index in [0.717, 1.165) is 18.8 Å². The van der Waals surface area contributed by atoms with Crippen LogP contribution in [0.4, 0.5) is 0 Å². The minimum absolute atomic E-state index is 0.0779. The predicted molar refractivity (Wildman–Crippen MR) is 89.3 cm³/mol. The van der Waals surface area contributed by atoms with E-state index >= 15 is 0 Å². The van der Waals surface area contributed by atoms with Crippen molar-refractivity contribution in [1.29, 1.82) is 0 Å². The number of nitrogens with zero attached hydrogens (tertiary/aromatic N) is 2. The van der Waals surface area contributed by atoms with Crippen molar-refractivity contribution in [3.8, 4) is 5.75 Å². The SMILES string of the molecule is CC(C)[C@H](Oc1ccccc1)C(=O)N1CC(c2ccncc2)C1. The highest BCUT2D eigenvalue weighted by molar-refractivity contribution is 5.82. The number of carbonyl (C=O) groups is 1. The van der Waals surface area contributed by atoms with Crippen molar-refractivity contribution in [3.63, 3.8) is 0 Å². The van der Waals surface area contributed by atoms with Gasteiger partial charge >= 0.3 is 0 Å². The highest BCUT2D eigenvalue weighted by Gasteiger charge is 2.37. The fourth-order valence-corrected chi connectivity index (χ4v) is 2.80. The van der Waals surface area contributed by atoms with Crippen molar-refractivity contribution in [2.75, 3.05) is 13.1 Å². The topological polar surface area (TPSA) is 42.4 Å². The minimum Gasteiger partial charge on any atom is -0.480 e. The van der Waals surface area contributed by atoms with E-state index in [1.54, 1.807) is 12.4 Å². The first kappa shape index (κ1) is 15.5. The van der Waals surface area contributed by atoms with Crippen molar-refractivity contribution in [2.45, 2.75) is 25.9 Å². The van der Waals surface area contributed by atoms with Crippen LogP contribution in [0.5, 0.6) is 5.75 Å². The summed E-state index contributed by atoms with van der Waals surface area (Å²) in [6, 6.07) is 13.6. The van der Waals surface area contributed by atoms with Crippen LogP contribution in [0.1, 0.15) is 25.3 Å². The number of amides is 1. The lowest BCUT2D eigenvalue weighted by Crippen LogP contribution is -2.54. The van der Waals surface area contributed by atoms with E-state index < -0.39 is 6.10 Å². The van der Waals surface area contributed by atoms with Crippen LogP contribution in [0.25, 0.3) is 0 Å². The Morgan fingerprint density at radius 3 is 2.39 bits per heavy atom. The Hall–Kier alpha value is -2.36. The standard InChI is InChI=1S/C19H22N2O2/c1-14(2)18(23-17-6-4-3-5-7-17)19(22)21-12-16(13-21)15-8-10-20-11-9-15/h3-11,14,16,18H,12-13H2,1-2H3/t18-/m0/s1. The number of benzene rings is 1. The summed E-state index contributed by atoms with van der Waals surface area (Å²) in [5, 5.41) is 0. The molecule has 0 N–H and O–H groups in total. The molecule has 1 amide bonds. The molecule has 3 rings (SSSR count). The number of ether oxygens (including phenoxy) is 1. The number of hydrogen-bond donors (Lipinski definition) is 0. The molecule has 0 spiro atoms. The molecular weight excluding hydrogens is 288 g/mol. The number of likely N-dealkylation sites (tertiary alicyclic amines) is 1. The molecule has 0 saturated carbocycles. The van der Waals surface area contributed by atoms with Crippen LogP contribution < -0.4 is 4.74 Å². The monoisotopic (exact) mass is 310 g/mol. The quantitative estimate of drug-likeness (QED) is 0.852. The van der Waals surface area contributed by atoms with Gasteiger partial charge in [0.15, 0.2) is 6.10 Å². The lowest BCUT2D eigenvalue weighted by molar-refractivity contribution is -0.145. The number of para-hydroxylation sites is 1. The maximum atomic E-state index is 12.7. The van der Waals surface area contributed by atoms with Crippen molar-refractivity contribution < 1.29 is 9.53 Å². The molecule has 1 aromatic heterocycles. The van der Waals surface area contributed by atoms with E-state index in [0.29, 0.717) is 5.92 Å². The zero-order chi connectivity index (χ0) is 16.2. The van der Waals surface area contributed by atoms with Crippen LogP contribution in [0.15, 0.2) is 54.9 Å². The smallest absolute Gasteiger partial charge is 0.263 e. The summed E-state index contributed by atoms with van der Waals surface area (Å²) in [6.45, 7) is 5.55. The van der Waals surface area contributed by atoms with Crippen molar-refractivity contribution in [1.82, 2.24) is 9.88 Å². The Kier molecular flexibility index (Phi) is 4.60. The summed E-state index contributed by atoms with van der Waals surface area (Å²) in [6.07, 6.45) is 3.17. The number of carbonyl (C=O) groups excluding carboxylic acids is 1. The van der Waals surface area contributed by atoms with E-state index in [1.807, 2.05) is 61.2 Å². The van der Waals surface area contributed by atoms with E-state index in [-0.39, 0.29) is 11.8 Å². The second-order valence-corrected chi connectivity index (χ2v) is 6.32. The van der Waals surface area contributed by atoms with Gasteiger partial charge in [0, 0.05) is 31.4 Å². The van der Waals surface area contributed by atoms with Crippen LogP contribution in [0.3, 0.4) is 0 Å². The van der Waals surface area contributed by atoms with Crippen molar-refractivity contribution in [2.24, 2.45) is 5.92 Å². The zero-order valence-electron chi connectivity index (χ0n) is 13.6. The highest BCUT2D eigenvalue weighted by atomic mass is 16.5. The minimum atomic E-state index is -0.434. The van der Waals surface area contributed by atoms with Crippen molar-refractivity contribution >= 4 is 5.91 Å². The molecule has 4 heteroatoms. The summed E-state index contributed by atoms with van der Waals surface area (Å²) in [5.74, 6) is 1.36. The van der Waals surface area contributed by atoms with Crippen LogP contribution in [0, 0.1) is 5.92 Å². The molecule has 0 aliphatic carbocycles. The maximum Gasteiger partial charge on any atom is 0.263 e. The third kappa shape index (κ3) is 3.52. The molecule has 2 heterocycles. The Morgan fingerprint density at radius 2 is 1.78 bits per heavy atom. The molecule has 0 radical (unpaired) electrons. The summed E-state index contributed by atoms with van der Waals surface area (Å²) in [7, 11) is 0. The van der Waals surface area contributed by atoms with E-state index in [1.165, 1.54) is 5.56 Å². The van der Waals surface area contributed by atoms with Gasteiger partial charge in [0.2, 0.25) is 0 Å². The summed E-state index contributed by atoms with van der Waals surface area (Å²) >= 11 is 0. The molecule has 1 aromatic carbocycles. The second-order valence-electron chi connectivity index (χ2n) is 6.32. The summed E-state index contributed by atoms with van der Waals surface area (Å²) < 4.78 is 5.93. The molecule has 1 atom stereocenters. The lowest BCUT2D eigenvalue weighted by Gasteiger charge is -2.41. The third-order valence-electron chi connectivity index (χ3n) is 4.23. The van der Waals surface area contributed by atoms with Gasteiger partial charge in [-0.15, -0.1) is 0 Å². The van der Waals surface area contributed by atoms with Gasteiger partial charge in [-0.3, -0.25) is 9.78 Å². The molecule has 1 fully saturated rings. The van der Waals surface area contributed by atoms with Crippen LogP contribution in [-0.2, 0) is 4.79 Å². The lowest BCUT2D eigenvalue weighted by atomic mass is 9.91. The first-order valence-corrected chi connectivity index (χ1v) is 8.05. The molecular formula is C19H22N2O2. The molecule has 23 heavy (non-hydrogen) atoms. The summed E-state index contributed by atoms with van der Waals surface area (Å²) in [5.41, 5.74) is 1.24. The van der Waals surface area contributed by atoms with Gasteiger partial charge in [-0.05, 0) is 35.7 Å². The molecule has 0 unspecified atom stereocenters. The largest absolute Gasteiger partial charge is 0.480 e. The van der Waals surface area contributed by atoms with Crippen LogP contribution in [0.2, 0.25) is 0 Å². The molecule has 120 valence electrons. The van der Waals surface area contributed by atoms with E-state index in [2.05, 4.69) is 4.98 Å². The van der Waals surface area contributed by atoms with Crippen LogP contribution >= 0.6 is 0 Å². The Balaban J connectivity index is 1.62. The van der Waals surface area contributed by atoms with Gasteiger partial charge in [0.1, 0.15) is 5.75 Å². The first-order valence-electron chi connectivity index (χ1n) is 8.05. The Labute approximate surface area is 137 Å².